The zero-order valence-corrected chi connectivity index (χ0v) is 10.6. The number of thiazole rings is 1. The first-order valence-corrected chi connectivity index (χ1v) is 7.79. The van der Waals surface area contributed by atoms with Crippen molar-refractivity contribution in [3.05, 3.63) is 16.6 Å². The maximum atomic E-state index is 11.2. The number of nitrogens with one attached hydrogen (secondary N) is 1. The lowest BCUT2D eigenvalue weighted by molar-refractivity contribution is -0.120. The van der Waals surface area contributed by atoms with Crippen molar-refractivity contribution in [1.82, 2.24) is 10.3 Å². The monoisotopic (exact) mass is 262 g/mol. The standard InChI is InChI=1S/C9H14N2O3S2/c1-16(13,14)5-3-9(12)10-4-2-8-6-15-7-11-8/h6-7H,2-5H2,1H3,(H,10,12). The third-order valence-corrected chi connectivity index (χ3v) is 3.47. The summed E-state index contributed by atoms with van der Waals surface area (Å²) >= 11 is 1.51. The number of hydrogen-bond acceptors (Lipinski definition) is 5. The van der Waals surface area contributed by atoms with Gasteiger partial charge in [-0.05, 0) is 0 Å². The first-order valence-electron chi connectivity index (χ1n) is 4.79. The minimum absolute atomic E-state index is 0.0237. The smallest absolute Gasteiger partial charge is 0.221 e. The lowest BCUT2D eigenvalue weighted by Crippen LogP contribution is -2.27. The van der Waals surface area contributed by atoms with Gasteiger partial charge < -0.3 is 5.32 Å². The molecule has 0 atom stereocenters. The van der Waals surface area contributed by atoms with E-state index in [2.05, 4.69) is 10.3 Å². The summed E-state index contributed by atoms with van der Waals surface area (Å²) in [6, 6.07) is 0. The molecule has 0 aliphatic heterocycles. The molecule has 7 heteroatoms. The van der Waals surface area contributed by atoms with Gasteiger partial charge in [-0.15, -0.1) is 11.3 Å². The number of hydrogen-bond donors (Lipinski definition) is 1. The van der Waals surface area contributed by atoms with E-state index in [1.807, 2.05) is 5.38 Å². The first-order chi connectivity index (χ1) is 7.47. The number of carbonyl (C=O) groups excluding carboxylic acids is 1. The number of rotatable bonds is 6. The van der Waals surface area contributed by atoms with Crippen molar-refractivity contribution in [1.29, 1.82) is 0 Å². The zero-order valence-electron chi connectivity index (χ0n) is 8.97. The van der Waals surface area contributed by atoms with E-state index in [1.165, 1.54) is 11.3 Å². The average molecular weight is 262 g/mol. The van der Waals surface area contributed by atoms with Crippen LogP contribution in [0.25, 0.3) is 0 Å². The third-order valence-electron chi connectivity index (χ3n) is 1.89. The Labute approximate surface area is 98.8 Å². The fraction of sp³-hybridized carbons (Fsp3) is 0.556. The van der Waals surface area contributed by atoms with Gasteiger partial charge >= 0.3 is 0 Å². The van der Waals surface area contributed by atoms with Gasteiger partial charge in [-0.1, -0.05) is 0 Å². The van der Waals surface area contributed by atoms with E-state index >= 15 is 0 Å². The van der Waals surface area contributed by atoms with E-state index in [9.17, 15) is 13.2 Å². The molecule has 0 fully saturated rings. The highest BCUT2D eigenvalue weighted by atomic mass is 32.2. The van der Waals surface area contributed by atoms with Gasteiger partial charge in [0.1, 0.15) is 9.84 Å². The summed E-state index contributed by atoms with van der Waals surface area (Å²) in [5.41, 5.74) is 2.68. The van der Waals surface area contributed by atoms with Gasteiger partial charge in [-0.25, -0.2) is 13.4 Å². The lowest BCUT2D eigenvalue weighted by Gasteiger charge is -2.02. The van der Waals surface area contributed by atoms with Crippen LogP contribution in [0.1, 0.15) is 12.1 Å². The van der Waals surface area contributed by atoms with Crippen molar-refractivity contribution in [3.8, 4) is 0 Å². The molecule has 0 saturated heterocycles. The van der Waals surface area contributed by atoms with Gasteiger partial charge in [0, 0.05) is 31.0 Å². The van der Waals surface area contributed by atoms with E-state index < -0.39 is 9.84 Å². The number of aromatic nitrogens is 1. The fourth-order valence-electron chi connectivity index (χ4n) is 1.06. The van der Waals surface area contributed by atoms with Crippen LogP contribution in [0, 0.1) is 0 Å². The van der Waals surface area contributed by atoms with Crippen LogP contribution in [-0.2, 0) is 21.1 Å². The highest BCUT2D eigenvalue weighted by molar-refractivity contribution is 7.90. The van der Waals surface area contributed by atoms with Crippen LogP contribution in [0.5, 0.6) is 0 Å². The third kappa shape index (κ3) is 5.82. The maximum Gasteiger partial charge on any atom is 0.221 e. The molecule has 0 saturated carbocycles. The largest absolute Gasteiger partial charge is 0.356 e. The number of amides is 1. The molecule has 1 aromatic heterocycles. The van der Waals surface area contributed by atoms with E-state index in [0.29, 0.717) is 13.0 Å². The summed E-state index contributed by atoms with van der Waals surface area (Å²) in [6.45, 7) is 0.492. The second kappa shape index (κ2) is 5.95. The summed E-state index contributed by atoms with van der Waals surface area (Å²) in [5.74, 6) is -0.337. The SMILES string of the molecule is CS(=O)(=O)CCC(=O)NCCc1cscn1. The van der Waals surface area contributed by atoms with Gasteiger partial charge in [0.2, 0.25) is 5.91 Å². The minimum Gasteiger partial charge on any atom is -0.356 e. The molecule has 1 amide bonds. The van der Waals surface area contributed by atoms with Crippen LogP contribution in [0.15, 0.2) is 10.9 Å². The Kier molecular flexibility index (Phi) is 4.88. The van der Waals surface area contributed by atoms with E-state index in [4.69, 9.17) is 0 Å². The number of nitrogens with zero attached hydrogens (tertiary/aromatic N) is 1. The fourth-order valence-corrected chi connectivity index (χ4v) is 2.21. The van der Waals surface area contributed by atoms with E-state index in [-0.39, 0.29) is 18.1 Å². The quantitative estimate of drug-likeness (QED) is 0.796. The van der Waals surface area contributed by atoms with Crippen LogP contribution >= 0.6 is 11.3 Å². The molecule has 5 nitrogen and oxygen atoms in total. The zero-order chi connectivity index (χ0) is 12.0. The Morgan fingerprint density at radius 1 is 1.56 bits per heavy atom. The minimum atomic E-state index is -3.06. The van der Waals surface area contributed by atoms with Crippen LogP contribution in [-0.4, -0.2) is 37.9 Å². The molecule has 0 radical (unpaired) electrons. The van der Waals surface area contributed by atoms with Gasteiger partial charge in [-0.2, -0.15) is 0 Å². The average Bonchev–Trinajstić information content (AvgIpc) is 2.66. The number of sulfone groups is 1. The summed E-state index contributed by atoms with van der Waals surface area (Å²) in [4.78, 5) is 15.3. The Balaban J connectivity index is 2.16. The molecule has 0 spiro atoms. The molecule has 0 aliphatic rings. The van der Waals surface area contributed by atoms with E-state index in [1.54, 1.807) is 5.51 Å². The molecule has 1 rings (SSSR count). The second-order valence-electron chi connectivity index (χ2n) is 3.46. The van der Waals surface area contributed by atoms with Gasteiger partial charge in [0.15, 0.2) is 0 Å². The molecular weight excluding hydrogens is 248 g/mol. The van der Waals surface area contributed by atoms with E-state index in [0.717, 1.165) is 11.9 Å². The van der Waals surface area contributed by atoms with Crippen molar-refractivity contribution in [2.75, 3.05) is 18.6 Å². The Morgan fingerprint density at radius 2 is 2.31 bits per heavy atom. The molecule has 1 heterocycles. The normalized spacial score (nSPS) is 11.3. The van der Waals surface area contributed by atoms with Crippen LogP contribution in [0.3, 0.4) is 0 Å². The Bertz CT molecular complexity index is 426. The molecule has 0 bridgehead atoms. The molecule has 1 N–H and O–H groups in total. The van der Waals surface area contributed by atoms with Crippen molar-refractivity contribution >= 4 is 27.1 Å². The molecule has 16 heavy (non-hydrogen) atoms. The predicted molar refractivity (Wildman–Crippen MR) is 63.2 cm³/mol. The topological polar surface area (TPSA) is 76.1 Å². The second-order valence-corrected chi connectivity index (χ2v) is 6.44. The summed E-state index contributed by atoms with van der Waals surface area (Å²) in [6.07, 6.45) is 1.82. The van der Waals surface area contributed by atoms with Gasteiger partial charge in [0.05, 0.1) is 17.0 Å². The summed E-state index contributed by atoms with van der Waals surface area (Å²) in [7, 11) is -3.06. The summed E-state index contributed by atoms with van der Waals surface area (Å²) < 4.78 is 21.6. The Hall–Kier alpha value is -0.950. The first kappa shape index (κ1) is 13.1. The highest BCUT2D eigenvalue weighted by Crippen LogP contribution is 2.00. The van der Waals surface area contributed by atoms with Gasteiger partial charge in [0.25, 0.3) is 0 Å². The molecule has 90 valence electrons. The van der Waals surface area contributed by atoms with Gasteiger partial charge in [-0.3, -0.25) is 4.79 Å². The molecular formula is C9H14N2O3S2. The van der Waals surface area contributed by atoms with Crippen molar-refractivity contribution in [2.45, 2.75) is 12.8 Å². The highest BCUT2D eigenvalue weighted by Gasteiger charge is 2.07. The molecule has 0 aliphatic carbocycles. The van der Waals surface area contributed by atoms with Crippen LogP contribution < -0.4 is 5.32 Å². The van der Waals surface area contributed by atoms with Crippen molar-refractivity contribution in [2.24, 2.45) is 0 Å². The number of carbonyl (C=O) groups is 1. The summed E-state index contributed by atoms with van der Waals surface area (Å²) in [5, 5.41) is 4.57. The van der Waals surface area contributed by atoms with Crippen molar-refractivity contribution in [3.63, 3.8) is 0 Å². The lowest BCUT2D eigenvalue weighted by atomic mass is 10.3. The molecule has 1 aromatic rings. The van der Waals surface area contributed by atoms with Crippen LogP contribution in [0.2, 0.25) is 0 Å². The maximum absolute atomic E-state index is 11.2. The Morgan fingerprint density at radius 3 is 2.88 bits per heavy atom. The van der Waals surface area contributed by atoms with Crippen LogP contribution in [0.4, 0.5) is 0 Å². The molecule has 0 unspecified atom stereocenters. The predicted octanol–water partition coefficient (Wildman–Crippen LogP) is 0.236. The van der Waals surface area contributed by atoms with Crippen molar-refractivity contribution < 1.29 is 13.2 Å². The molecule has 0 aromatic carbocycles.